The second kappa shape index (κ2) is 5.26. The summed E-state index contributed by atoms with van der Waals surface area (Å²) in [4.78, 5) is 3.57. The van der Waals surface area contributed by atoms with Gasteiger partial charge in [0.05, 0.1) is 10.9 Å². The number of nitrogens with zero attached hydrogens (tertiary/aromatic N) is 1. The largest absolute Gasteiger partial charge is 0.433 e. The van der Waals surface area contributed by atoms with Crippen molar-refractivity contribution in [3.05, 3.63) is 35.3 Å². The van der Waals surface area contributed by atoms with E-state index in [9.17, 15) is 17.6 Å². The van der Waals surface area contributed by atoms with Gasteiger partial charge >= 0.3 is 6.18 Å². The number of hydrogen-bond donors (Lipinski definition) is 1. The Kier molecular flexibility index (Phi) is 3.83. The molecule has 1 aromatic carbocycles. The molecular weight excluding hydrogens is 272 g/mol. The maximum atomic E-state index is 13.9. The highest BCUT2D eigenvalue weighted by Crippen LogP contribution is 2.35. The molecule has 2 rings (SSSR count). The maximum Gasteiger partial charge on any atom is 0.433 e. The molecule has 20 heavy (non-hydrogen) atoms. The van der Waals surface area contributed by atoms with Crippen LogP contribution in [-0.4, -0.2) is 11.5 Å². The Labute approximate surface area is 113 Å². The molecule has 6 heteroatoms. The zero-order valence-electron chi connectivity index (χ0n) is 11.1. The highest BCUT2D eigenvalue weighted by atomic mass is 19.4. The van der Waals surface area contributed by atoms with Crippen LogP contribution in [0.25, 0.3) is 10.9 Å². The predicted molar refractivity (Wildman–Crippen MR) is 70.2 cm³/mol. The number of rotatable bonds is 3. The van der Waals surface area contributed by atoms with Gasteiger partial charge in [-0.2, -0.15) is 13.2 Å². The van der Waals surface area contributed by atoms with Crippen molar-refractivity contribution in [3.63, 3.8) is 0 Å². The van der Waals surface area contributed by atoms with Gasteiger partial charge in [0.2, 0.25) is 0 Å². The molecule has 1 aromatic heterocycles. The number of halogens is 4. The van der Waals surface area contributed by atoms with E-state index in [1.807, 2.05) is 6.92 Å². The number of alkyl halides is 3. The van der Waals surface area contributed by atoms with Gasteiger partial charge in [0.1, 0.15) is 11.5 Å². The van der Waals surface area contributed by atoms with Crippen molar-refractivity contribution in [2.45, 2.75) is 26.4 Å². The fourth-order valence-corrected chi connectivity index (χ4v) is 1.98. The van der Waals surface area contributed by atoms with Gasteiger partial charge in [-0.05, 0) is 31.0 Å². The maximum absolute atomic E-state index is 13.9. The minimum Gasteiger partial charge on any atom is -0.384 e. The van der Waals surface area contributed by atoms with Gasteiger partial charge in [0.15, 0.2) is 0 Å². The molecule has 0 unspecified atom stereocenters. The van der Waals surface area contributed by atoms with Crippen LogP contribution in [0.4, 0.5) is 23.2 Å². The standard InChI is InChI=1S/C14H14F4N2/c1-3-6-19-10-7-11(14(16,17)18)20-13-8(2)4-5-9(15)12(10)13/h4-5,7H,3,6H2,1-2H3,(H,19,20). The Morgan fingerprint density at radius 2 is 1.95 bits per heavy atom. The van der Waals surface area contributed by atoms with Crippen LogP contribution in [0.15, 0.2) is 18.2 Å². The molecule has 2 nitrogen and oxygen atoms in total. The summed E-state index contributed by atoms with van der Waals surface area (Å²) >= 11 is 0. The first kappa shape index (κ1) is 14.6. The van der Waals surface area contributed by atoms with Crippen molar-refractivity contribution in [1.82, 2.24) is 4.98 Å². The van der Waals surface area contributed by atoms with Gasteiger partial charge in [-0.1, -0.05) is 13.0 Å². The Morgan fingerprint density at radius 3 is 2.55 bits per heavy atom. The molecule has 0 aliphatic rings. The van der Waals surface area contributed by atoms with Gasteiger partial charge in [-0.25, -0.2) is 9.37 Å². The van der Waals surface area contributed by atoms with Crippen molar-refractivity contribution >= 4 is 16.6 Å². The Hall–Kier alpha value is -1.85. The van der Waals surface area contributed by atoms with Gasteiger partial charge < -0.3 is 5.32 Å². The number of anilines is 1. The van der Waals surface area contributed by atoms with E-state index in [-0.39, 0.29) is 16.6 Å². The first-order valence-corrected chi connectivity index (χ1v) is 6.25. The summed E-state index contributed by atoms with van der Waals surface area (Å²) in [6.07, 6.45) is -3.84. The van der Waals surface area contributed by atoms with E-state index in [2.05, 4.69) is 10.3 Å². The molecule has 0 aliphatic carbocycles. The minimum absolute atomic E-state index is 0.0402. The first-order valence-electron chi connectivity index (χ1n) is 6.25. The number of fused-ring (bicyclic) bond motifs is 1. The van der Waals surface area contributed by atoms with Gasteiger partial charge in [-0.15, -0.1) is 0 Å². The van der Waals surface area contributed by atoms with E-state index in [1.54, 1.807) is 6.92 Å². The lowest BCUT2D eigenvalue weighted by atomic mass is 10.1. The Balaban J connectivity index is 2.74. The zero-order valence-corrected chi connectivity index (χ0v) is 11.1. The van der Waals surface area contributed by atoms with Crippen molar-refractivity contribution in [2.75, 3.05) is 11.9 Å². The lowest BCUT2D eigenvalue weighted by molar-refractivity contribution is -0.140. The number of hydrogen-bond acceptors (Lipinski definition) is 2. The molecule has 0 atom stereocenters. The molecule has 108 valence electrons. The van der Waals surface area contributed by atoms with E-state index in [0.717, 1.165) is 12.5 Å². The monoisotopic (exact) mass is 286 g/mol. The smallest absolute Gasteiger partial charge is 0.384 e. The third-order valence-electron chi connectivity index (χ3n) is 2.97. The average Bonchev–Trinajstić information content (AvgIpc) is 2.39. The molecule has 0 saturated carbocycles. The van der Waals surface area contributed by atoms with Crippen molar-refractivity contribution in [2.24, 2.45) is 0 Å². The molecule has 0 spiro atoms. The molecule has 0 bridgehead atoms. The van der Waals surface area contributed by atoms with Crippen LogP contribution >= 0.6 is 0 Å². The highest BCUT2D eigenvalue weighted by Gasteiger charge is 2.33. The molecule has 0 saturated heterocycles. The summed E-state index contributed by atoms with van der Waals surface area (Å²) in [7, 11) is 0. The number of nitrogens with one attached hydrogen (secondary N) is 1. The lowest BCUT2D eigenvalue weighted by Gasteiger charge is -2.14. The Morgan fingerprint density at radius 1 is 1.25 bits per heavy atom. The normalized spacial score (nSPS) is 11.9. The second-order valence-corrected chi connectivity index (χ2v) is 4.57. The van der Waals surface area contributed by atoms with E-state index in [0.29, 0.717) is 12.1 Å². The summed E-state index contributed by atoms with van der Waals surface area (Å²) in [5.41, 5.74) is -0.340. The number of aromatic nitrogens is 1. The fourth-order valence-electron chi connectivity index (χ4n) is 1.98. The van der Waals surface area contributed by atoms with Gasteiger partial charge in [-0.3, -0.25) is 0 Å². The topological polar surface area (TPSA) is 24.9 Å². The second-order valence-electron chi connectivity index (χ2n) is 4.57. The van der Waals surface area contributed by atoms with Gasteiger partial charge in [0, 0.05) is 12.2 Å². The van der Waals surface area contributed by atoms with E-state index >= 15 is 0 Å². The summed E-state index contributed by atoms with van der Waals surface area (Å²) in [5, 5.41) is 2.94. The molecule has 0 amide bonds. The van der Waals surface area contributed by atoms with Crippen molar-refractivity contribution in [1.29, 1.82) is 0 Å². The first-order chi connectivity index (χ1) is 9.34. The Bertz CT molecular complexity index is 635. The predicted octanol–water partition coefficient (Wildman–Crippen LogP) is 4.52. The van der Waals surface area contributed by atoms with Crippen LogP contribution < -0.4 is 5.32 Å². The van der Waals surface area contributed by atoms with Crippen LogP contribution in [0.5, 0.6) is 0 Å². The minimum atomic E-state index is -4.56. The van der Waals surface area contributed by atoms with Crippen LogP contribution in [-0.2, 0) is 6.18 Å². The van der Waals surface area contributed by atoms with Crippen LogP contribution in [0.3, 0.4) is 0 Å². The molecule has 0 radical (unpaired) electrons. The van der Waals surface area contributed by atoms with Crippen molar-refractivity contribution in [3.8, 4) is 0 Å². The zero-order chi connectivity index (χ0) is 14.9. The summed E-state index contributed by atoms with van der Waals surface area (Å²) in [6.45, 7) is 3.95. The number of benzene rings is 1. The molecule has 1 heterocycles. The summed E-state index contributed by atoms with van der Waals surface area (Å²) in [6, 6.07) is 3.53. The SMILES string of the molecule is CCCNc1cc(C(F)(F)F)nc2c(C)ccc(F)c12. The van der Waals surface area contributed by atoms with Crippen molar-refractivity contribution < 1.29 is 17.6 Å². The molecule has 1 N–H and O–H groups in total. The van der Waals surface area contributed by atoms with Gasteiger partial charge in [0.25, 0.3) is 0 Å². The van der Waals surface area contributed by atoms with Crippen LogP contribution in [0.1, 0.15) is 24.6 Å². The number of aryl methyl sites for hydroxylation is 1. The third-order valence-corrected chi connectivity index (χ3v) is 2.97. The van der Waals surface area contributed by atoms with Crippen LogP contribution in [0.2, 0.25) is 0 Å². The lowest BCUT2D eigenvalue weighted by Crippen LogP contribution is -2.11. The van der Waals surface area contributed by atoms with E-state index in [4.69, 9.17) is 0 Å². The average molecular weight is 286 g/mol. The summed E-state index contributed by atoms with van der Waals surface area (Å²) < 4.78 is 52.5. The molecular formula is C14H14F4N2. The third kappa shape index (κ3) is 2.69. The number of pyridine rings is 1. The van der Waals surface area contributed by atoms with Crippen LogP contribution in [0, 0.1) is 12.7 Å². The molecule has 0 fully saturated rings. The molecule has 0 aliphatic heterocycles. The highest BCUT2D eigenvalue weighted by molar-refractivity contribution is 5.94. The fraction of sp³-hybridized carbons (Fsp3) is 0.357. The summed E-state index contributed by atoms with van der Waals surface area (Å²) in [5.74, 6) is -0.578. The quantitative estimate of drug-likeness (QED) is 0.839. The molecule has 2 aromatic rings. The van der Waals surface area contributed by atoms with E-state index in [1.165, 1.54) is 12.1 Å². The van der Waals surface area contributed by atoms with E-state index < -0.39 is 17.7 Å².